The molecule has 2 atom stereocenters. The Morgan fingerprint density at radius 1 is 1.00 bits per heavy atom. The summed E-state index contributed by atoms with van der Waals surface area (Å²) in [5.41, 5.74) is 0.463. The van der Waals surface area contributed by atoms with E-state index in [1.54, 1.807) is 18.2 Å². The Labute approximate surface area is 127 Å². The van der Waals surface area contributed by atoms with Crippen molar-refractivity contribution in [2.75, 3.05) is 0 Å². The summed E-state index contributed by atoms with van der Waals surface area (Å²) in [6, 6.07) is 6.31. The zero-order valence-electron chi connectivity index (χ0n) is 10.6. The lowest BCUT2D eigenvalue weighted by atomic mass is 9.94. The molecule has 1 N–H and O–H groups in total. The van der Waals surface area contributed by atoms with E-state index >= 15 is 0 Å². The Morgan fingerprint density at radius 3 is 2.48 bits per heavy atom. The second-order valence-electron chi connectivity index (χ2n) is 4.83. The summed E-state index contributed by atoms with van der Waals surface area (Å²) in [5.74, 6) is -2.90. The van der Waals surface area contributed by atoms with Gasteiger partial charge < -0.3 is 9.84 Å². The number of aliphatic hydroxyl groups excluding tert-OH is 1. The highest BCUT2D eigenvalue weighted by Crippen LogP contribution is 2.42. The summed E-state index contributed by atoms with van der Waals surface area (Å²) >= 11 is 3.29. The van der Waals surface area contributed by atoms with Gasteiger partial charge in [-0.3, -0.25) is 0 Å². The maximum atomic E-state index is 13.8. The standard InChI is InChI=1S/C15H10BrF3O2/c16-7-1-2-14-9(3-7)13(20)6-15(21-14)8-4-11(18)12(19)5-10(8)17/h1-5,13,15,20H,6H2/t13-,15?/m1/s1. The molecular weight excluding hydrogens is 349 g/mol. The van der Waals surface area contributed by atoms with Gasteiger partial charge in [-0.25, -0.2) is 13.2 Å². The van der Waals surface area contributed by atoms with Crippen molar-refractivity contribution in [1.82, 2.24) is 0 Å². The maximum Gasteiger partial charge on any atom is 0.161 e. The smallest absolute Gasteiger partial charge is 0.161 e. The number of hydrogen-bond acceptors (Lipinski definition) is 2. The SMILES string of the molecule is O[C@@H]1CC(c2cc(F)c(F)cc2F)Oc2ccc(Br)cc21. The van der Waals surface area contributed by atoms with Crippen LogP contribution in [0.1, 0.15) is 29.8 Å². The molecule has 2 aromatic carbocycles. The van der Waals surface area contributed by atoms with Crippen LogP contribution in [0.4, 0.5) is 13.2 Å². The topological polar surface area (TPSA) is 29.5 Å². The summed E-state index contributed by atoms with van der Waals surface area (Å²) in [6.45, 7) is 0. The van der Waals surface area contributed by atoms with Crippen molar-refractivity contribution in [3.05, 3.63) is 63.4 Å². The monoisotopic (exact) mass is 358 g/mol. The van der Waals surface area contributed by atoms with Crippen LogP contribution in [-0.2, 0) is 0 Å². The predicted octanol–water partition coefficient (Wildman–Crippen LogP) is 4.42. The minimum Gasteiger partial charge on any atom is -0.485 e. The number of hydrogen-bond donors (Lipinski definition) is 1. The second-order valence-corrected chi connectivity index (χ2v) is 5.74. The highest BCUT2D eigenvalue weighted by atomic mass is 79.9. The summed E-state index contributed by atoms with van der Waals surface area (Å²) in [6.07, 6.45) is -1.68. The molecule has 0 bridgehead atoms. The molecule has 0 amide bonds. The van der Waals surface area contributed by atoms with Crippen LogP contribution in [0.25, 0.3) is 0 Å². The molecule has 2 aromatic rings. The van der Waals surface area contributed by atoms with Crippen LogP contribution < -0.4 is 4.74 Å². The van der Waals surface area contributed by atoms with E-state index in [2.05, 4.69) is 15.9 Å². The van der Waals surface area contributed by atoms with Crippen LogP contribution in [0.5, 0.6) is 5.75 Å². The molecule has 0 aromatic heterocycles. The molecule has 0 spiro atoms. The number of ether oxygens (including phenoxy) is 1. The van der Waals surface area contributed by atoms with E-state index in [-0.39, 0.29) is 12.0 Å². The van der Waals surface area contributed by atoms with E-state index in [1.807, 2.05) is 0 Å². The van der Waals surface area contributed by atoms with Crippen LogP contribution in [0.2, 0.25) is 0 Å². The fourth-order valence-corrected chi connectivity index (χ4v) is 2.77. The Balaban J connectivity index is 1.99. The average Bonchev–Trinajstić information content (AvgIpc) is 2.43. The molecule has 21 heavy (non-hydrogen) atoms. The van der Waals surface area contributed by atoms with Crippen molar-refractivity contribution in [2.45, 2.75) is 18.6 Å². The third-order valence-corrected chi connectivity index (χ3v) is 3.92. The molecule has 0 fully saturated rings. The van der Waals surface area contributed by atoms with Crippen LogP contribution >= 0.6 is 15.9 Å². The minimum atomic E-state index is -1.25. The Bertz CT molecular complexity index is 706. The number of aliphatic hydroxyl groups is 1. The van der Waals surface area contributed by atoms with Crippen LogP contribution in [0, 0.1) is 17.5 Å². The average molecular weight is 359 g/mol. The van der Waals surface area contributed by atoms with E-state index in [0.29, 0.717) is 17.4 Å². The molecule has 2 nitrogen and oxygen atoms in total. The third kappa shape index (κ3) is 2.65. The molecule has 0 saturated heterocycles. The molecule has 0 saturated carbocycles. The highest BCUT2D eigenvalue weighted by molar-refractivity contribution is 9.10. The van der Waals surface area contributed by atoms with E-state index in [4.69, 9.17) is 4.74 Å². The van der Waals surface area contributed by atoms with Gasteiger partial charge in [-0.1, -0.05) is 15.9 Å². The maximum absolute atomic E-state index is 13.8. The molecule has 1 aliphatic rings. The van der Waals surface area contributed by atoms with Gasteiger partial charge in [0.05, 0.1) is 6.10 Å². The normalized spacial score (nSPS) is 20.8. The molecule has 1 unspecified atom stereocenters. The van der Waals surface area contributed by atoms with Gasteiger partial charge in [-0.05, 0) is 24.3 Å². The fourth-order valence-electron chi connectivity index (χ4n) is 2.39. The largest absolute Gasteiger partial charge is 0.485 e. The molecule has 0 radical (unpaired) electrons. The quantitative estimate of drug-likeness (QED) is 0.764. The first kappa shape index (κ1) is 14.4. The van der Waals surface area contributed by atoms with Crippen LogP contribution in [0.15, 0.2) is 34.8 Å². The van der Waals surface area contributed by atoms with Gasteiger partial charge in [-0.15, -0.1) is 0 Å². The second kappa shape index (κ2) is 5.35. The summed E-state index contributed by atoms with van der Waals surface area (Å²) in [5, 5.41) is 10.1. The molecule has 110 valence electrons. The molecule has 1 aliphatic heterocycles. The van der Waals surface area contributed by atoms with Crippen LogP contribution in [0.3, 0.4) is 0 Å². The number of rotatable bonds is 1. The predicted molar refractivity (Wildman–Crippen MR) is 73.4 cm³/mol. The van der Waals surface area contributed by atoms with Crippen molar-refractivity contribution in [3.8, 4) is 5.75 Å². The number of halogens is 4. The lowest BCUT2D eigenvalue weighted by molar-refractivity contribution is 0.0637. The summed E-state index contributed by atoms with van der Waals surface area (Å²) in [4.78, 5) is 0. The van der Waals surface area contributed by atoms with E-state index in [9.17, 15) is 18.3 Å². The van der Waals surface area contributed by atoms with Crippen molar-refractivity contribution in [3.63, 3.8) is 0 Å². The molecule has 1 heterocycles. The van der Waals surface area contributed by atoms with Crippen molar-refractivity contribution < 1.29 is 23.0 Å². The van der Waals surface area contributed by atoms with Gasteiger partial charge in [0.25, 0.3) is 0 Å². The highest BCUT2D eigenvalue weighted by Gasteiger charge is 2.30. The van der Waals surface area contributed by atoms with Gasteiger partial charge in [-0.2, -0.15) is 0 Å². The van der Waals surface area contributed by atoms with Gasteiger partial charge in [0.15, 0.2) is 11.6 Å². The number of benzene rings is 2. The van der Waals surface area contributed by atoms with E-state index in [1.165, 1.54) is 0 Å². The minimum absolute atomic E-state index is 0.0610. The van der Waals surface area contributed by atoms with Gasteiger partial charge in [0.1, 0.15) is 17.7 Å². The molecular formula is C15H10BrF3O2. The van der Waals surface area contributed by atoms with Gasteiger partial charge in [0.2, 0.25) is 0 Å². The summed E-state index contributed by atoms with van der Waals surface area (Å²) in [7, 11) is 0. The van der Waals surface area contributed by atoms with Gasteiger partial charge >= 0.3 is 0 Å². The van der Waals surface area contributed by atoms with Crippen molar-refractivity contribution >= 4 is 15.9 Å². The molecule has 6 heteroatoms. The molecule has 0 aliphatic carbocycles. The molecule has 3 rings (SSSR count). The first-order valence-electron chi connectivity index (χ1n) is 6.24. The first-order valence-corrected chi connectivity index (χ1v) is 7.03. The Hall–Kier alpha value is -1.53. The fraction of sp³-hybridized carbons (Fsp3) is 0.200. The lowest BCUT2D eigenvalue weighted by Crippen LogP contribution is -2.20. The lowest BCUT2D eigenvalue weighted by Gasteiger charge is -2.30. The number of fused-ring (bicyclic) bond motifs is 1. The van der Waals surface area contributed by atoms with E-state index < -0.39 is 29.7 Å². The zero-order valence-corrected chi connectivity index (χ0v) is 12.2. The zero-order chi connectivity index (χ0) is 15.1. The van der Waals surface area contributed by atoms with Crippen molar-refractivity contribution in [2.24, 2.45) is 0 Å². The van der Waals surface area contributed by atoms with Crippen molar-refractivity contribution in [1.29, 1.82) is 0 Å². The first-order chi connectivity index (χ1) is 9.95. The third-order valence-electron chi connectivity index (χ3n) is 3.42. The van der Waals surface area contributed by atoms with Gasteiger partial charge in [0, 0.05) is 28.1 Å². The Kier molecular flexibility index (Phi) is 3.67. The summed E-state index contributed by atoms with van der Waals surface area (Å²) < 4.78 is 46.5. The van der Waals surface area contributed by atoms with Crippen LogP contribution in [-0.4, -0.2) is 5.11 Å². The Morgan fingerprint density at radius 2 is 1.71 bits per heavy atom. The van der Waals surface area contributed by atoms with E-state index in [0.717, 1.165) is 10.5 Å².